The number of aliphatic hydroxyl groups excluding tert-OH is 9. The molecule has 0 radical (unpaired) electrons. The third-order valence-electron chi connectivity index (χ3n) is 23.6. The van der Waals surface area contributed by atoms with Crippen molar-refractivity contribution in [2.24, 2.45) is 5.92 Å². The van der Waals surface area contributed by atoms with Crippen LogP contribution in [0.1, 0.15) is 407 Å². The molecular weight excluding hydrogens is 1550 g/mol. The number of allylic oxidation sites excluding steroid dienone is 4. The van der Waals surface area contributed by atoms with E-state index in [1.165, 1.54) is 167 Å². The van der Waals surface area contributed by atoms with Crippen molar-refractivity contribution in [3.05, 3.63) is 24.3 Å². The van der Waals surface area contributed by atoms with Crippen LogP contribution in [0.5, 0.6) is 0 Å². The summed E-state index contributed by atoms with van der Waals surface area (Å²) in [7, 11) is -5.81. The molecule has 2 heterocycles. The second-order valence-electron chi connectivity index (χ2n) is 34.5. The summed E-state index contributed by atoms with van der Waals surface area (Å²) in [6, 6.07) is 0. The van der Waals surface area contributed by atoms with Crippen molar-refractivity contribution < 1.29 is 122 Å². The van der Waals surface area contributed by atoms with Crippen molar-refractivity contribution in [1.82, 2.24) is 0 Å². The Hall–Kier alpha value is -3.05. The highest BCUT2D eigenvalue weighted by molar-refractivity contribution is 7.47. The molecule has 0 aromatic rings. The lowest BCUT2D eigenvalue weighted by Gasteiger charge is -2.50. The van der Waals surface area contributed by atoms with E-state index in [0.717, 1.165) is 135 Å². The molecule has 119 heavy (non-hydrogen) atoms. The third-order valence-corrected chi connectivity index (χ3v) is 24.6. The van der Waals surface area contributed by atoms with Crippen LogP contribution in [0.2, 0.25) is 0 Å². The summed E-state index contributed by atoms with van der Waals surface area (Å²) in [5.41, 5.74) is 0. The van der Waals surface area contributed by atoms with Gasteiger partial charge in [-0.25, -0.2) is 4.57 Å². The van der Waals surface area contributed by atoms with E-state index >= 15 is 0 Å². The van der Waals surface area contributed by atoms with Crippen LogP contribution in [0, 0.1) is 5.92 Å². The van der Waals surface area contributed by atoms with Crippen LogP contribution >= 0.6 is 7.82 Å². The van der Waals surface area contributed by atoms with Crippen LogP contribution in [0.15, 0.2) is 24.3 Å². The number of aliphatic hydroxyl groups is 9. The summed E-state index contributed by atoms with van der Waals surface area (Å²) >= 11 is 0. The third kappa shape index (κ3) is 51.4. The van der Waals surface area contributed by atoms with Crippen LogP contribution in [-0.2, 0) is 70.7 Å². The predicted molar refractivity (Wildman–Crippen MR) is 462 cm³/mol. The van der Waals surface area contributed by atoms with E-state index in [4.69, 9.17) is 46.9 Å². The Balaban J connectivity index is 1.91. The molecule has 19 atom stereocenters. The number of carbonyl (C=O) groups is 4. The molecule has 0 aromatic heterocycles. The van der Waals surface area contributed by atoms with Gasteiger partial charge in [0.2, 0.25) is 0 Å². The smallest absolute Gasteiger partial charge is 0.463 e. The first-order valence-electron chi connectivity index (χ1n) is 48.0. The molecule has 3 rings (SSSR count). The Morgan fingerprint density at radius 3 is 1.10 bits per heavy atom. The second kappa shape index (κ2) is 71.0. The van der Waals surface area contributed by atoms with Gasteiger partial charge in [-0.2, -0.15) is 0 Å². The zero-order valence-electron chi connectivity index (χ0n) is 74.6. The van der Waals surface area contributed by atoms with Gasteiger partial charge in [0.15, 0.2) is 24.8 Å². The fraction of sp³-hybridized carbons (Fsp3) is 0.914. The molecular formula is C93H171O25P. The van der Waals surface area contributed by atoms with Gasteiger partial charge in [0.05, 0.1) is 13.2 Å². The molecule has 26 heteroatoms. The van der Waals surface area contributed by atoms with Crippen LogP contribution in [0.3, 0.4) is 0 Å². The number of ether oxygens (including phenoxy) is 8. The zero-order valence-corrected chi connectivity index (χ0v) is 75.5. The van der Waals surface area contributed by atoms with Gasteiger partial charge in [0.25, 0.3) is 0 Å². The topological polar surface area (TPSA) is 380 Å². The molecule has 19 unspecified atom stereocenters. The molecule has 3 fully saturated rings. The van der Waals surface area contributed by atoms with Gasteiger partial charge in [-0.3, -0.25) is 28.2 Å². The minimum absolute atomic E-state index is 0.0158. The summed E-state index contributed by atoms with van der Waals surface area (Å²) in [6.45, 7) is 7.91. The molecule has 10 N–H and O–H groups in total. The fourth-order valence-corrected chi connectivity index (χ4v) is 16.8. The summed E-state index contributed by atoms with van der Waals surface area (Å²) in [4.78, 5) is 66.5. The number of phosphoric ester groups is 1. The van der Waals surface area contributed by atoms with Gasteiger partial charge in [-0.15, -0.1) is 0 Å². The normalized spacial score (nSPS) is 25.2. The van der Waals surface area contributed by atoms with Gasteiger partial charge in [-0.05, 0) is 83.0 Å². The molecule has 2 saturated heterocycles. The highest BCUT2D eigenvalue weighted by Gasteiger charge is 2.60. The molecule has 25 nitrogen and oxygen atoms in total. The lowest BCUT2D eigenvalue weighted by atomic mass is 9.84. The van der Waals surface area contributed by atoms with Crippen LogP contribution < -0.4 is 0 Å². The van der Waals surface area contributed by atoms with Gasteiger partial charge in [0.1, 0.15) is 92.6 Å². The van der Waals surface area contributed by atoms with E-state index in [0.29, 0.717) is 44.4 Å². The highest BCUT2D eigenvalue weighted by Crippen LogP contribution is 2.49. The fourth-order valence-electron chi connectivity index (χ4n) is 15.8. The molecule has 1 aliphatic carbocycles. The Morgan fingerprint density at radius 2 is 0.681 bits per heavy atom. The van der Waals surface area contributed by atoms with E-state index < -0.39 is 162 Å². The Kier molecular flexibility index (Phi) is 65.7. The van der Waals surface area contributed by atoms with E-state index in [1.807, 2.05) is 0 Å². The van der Waals surface area contributed by atoms with Crippen LogP contribution in [0.25, 0.3) is 0 Å². The van der Waals surface area contributed by atoms with Gasteiger partial charge in [0, 0.05) is 25.7 Å². The molecule has 0 bridgehead atoms. The van der Waals surface area contributed by atoms with Crippen molar-refractivity contribution in [2.45, 2.75) is 511 Å². The number of rotatable bonds is 77. The Labute approximate surface area is 717 Å². The first-order chi connectivity index (χ1) is 57.6. The quantitative estimate of drug-likeness (QED) is 0.00889. The van der Waals surface area contributed by atoms with Gasteiger partial charge < -0.3 is 88.7 Å². The number of hydrogen-bond donors (Lipinski definition) is 10. The van der Waals surface area contributed by atoms with Crippen molar-refractivity contribution in [3.63, 3.8) is 0 Å². The van der Waals surface area contributed by atoms with Crippen molar-refractivity contribution in [2.75, 3.05) is 26.4 Å². The standard InChI is InChI=1S/C93H171O25P/c1-6-10-14-18-22-25-28-31-33-35-37-39-42-45-52-59-65-77(96)110-71-75-81(100)83(102)87(106)93(114-75)117-90-88(115-79(98)67-61-55-47-44-40-36-30-27-24-20-16-12-8-3)84(103)85(104)89(116-92-86(105)82(101)80(99)74(68-94)113-92)91(90)118-119(107,108)111-70-73(112-78(97)66-60-54-46-43-41-38-34-32-29-26-23-19-15-11-7-2)69-109-76(95)64-58-53-49-48-51-57-63-72(5)62-56-50-21-17-13-9-4/h26,29,36,40,72-75,80-94,99-106H,6-25,27-28,30-35,37-39,41-71H2,1-5H3,(H,107,108)/b29-26-,40-36-. The number of phosphoric acid groups is 1. The Bertz CT molecular complexity index is 2580. The van der Waals surface area contributed by atoms with Crippen LogP contribution in [-0.4, -0.2) is 205 Å². The second-order valence-corrected chi connectivity index (χ2v) is 35.9. The highest BCUT2D eigenvalue weighted by atomic mass is 31.2. The first kappa shape index (κ1) is 110. The number of esters is 4. The van der Waals surface area contributed by atoms with Gasteiger partial charge in [-0.1, -0.05) is 329 Å². The largest absolute Gasteiger partial charge is 0.472 e. The number of unbranched alkanes of at least 4 members (excludes halogenated alkanes) is 45. The molecule has 698 valence electrons. The molecule has 3 aliphatic rings. The summed E-state index contributed by atoms with van der Waals surface area (Å²) in [6.07, 6.45) is 30.3. The SMILES string of the molecule is CCCCCC/C=C\CCCCCCCCCC(=O)OC(COC(=O)CCCCCCCCC(C)CCCCCCCC)COP(=O)(O)OC1C(OC2OC(CO)C(O)C(O)C2O)C(O)C(O)C(OC(=O)CCCCC/C=C\CCCCCCCC)C1OC1OC(COC(=O)CCCCCCCCCCCCCCCCCC)C(O)C(O)C1O. The van der Waals surface area contributed by atoms with Crippen molar-refractivity contribution >= 4 is 31.7 Å². The number of hydrogen-bond acceptors (Lipinski definition) is 24. The van der Waals surface area contributed by atoms with Crippen LogP contribution in [0.4, 0.5) is 0 Å². The van der Waals surface area contributed by atoms with E-state index in [-0.39, 0.29) is 32.1 Å². The molecule has 0 spiro atoms. The zero-order chi connectivity index (χ0) is 86.9. The molecule has 2 aliphatic heterocycles. The summed E-state index contributed by atoms with van der Waals surface area (Å²) < 4.78 is 73.5. The minimum atomic E-state index is -5.81. The van der Waals surface area contributed by atoms with Gasteiger partial charge >= 0.3 is 31.7 Å². The molecule has 1 saturated carbocycles. The maximum absolute atomic E-state index is 14.9. The predicted octanol–water partition coefficient (Wildman–Crippen LogP) is 18.0. The van der Waals surface area contributed by atoms with E-state index in [1.54, 1.807) is 0 Å². The first-order valence-corrected chi connectivity index (χ1v) is 49.5. The van der Waals surface area contributed by atoms with E-state index in [9.17, 15) is 74.6 Å². The van der Waals surface area contributed by atoms with E-state index in [2.05, 4.69) is 58.9 Å². The van der Waals surface area contributed by atoms with Crippen molar-refractivity contribution in [3.8, 4) is 0 Å². The number of carbonyl (C=O) groups excluding carboxylic acids is 4. The summed E-state index contributed by atoms with van der Waals surface area (Å²) in [5.74, 6) is -2.30. The maximum Gasteiger partial charge on any atom is 0.472 e. The average Bonchev–Trinajstić information content (AvgIpc) is 0.754. The maximum atomic E-state index is 14.9. The minimum Gasteiger partial charge on any atom is -0.463 e. The average molecular weight is 1720 g/mol. The monoisotopic (exact) mass is 1720 g/mol. The molecule has 0 aromatic carbocycles. The lowest BCUT2D eigenvalue weighted by molar-refractivity contribution is -0.360. The molecule has 0 amide bonds. The summed E-state index contributed by atoms with van der Waals surface area (Å²) in [5, 5.41) is 102. The Morgan fingerprint density at radius 1 is 0.353 bits per heavy atom. The lowest BCUT2D eigenvalue weighted by Crippen LogP contribution is -2.70. The van der Waals surface area contributed by atoms with Crippen molar-refractivity contribution in [1.29, 1.82) is 0 Å².